The number of alkyl halides is 3. The first-order valence-electron chi connectivity index (χ1n) is 8.60. The van der Waals surface area contributed by atoms with Crippen molar-refractivity contribution in [3.05, 3.63) is 70.8 Å². The van der Waals surface area contributed by atoms with Gasteiger partial charge in [-0.1, -0.05) is 24.3 Å². The summed E-state index contributed by atoms with van der Waals surface area (Å²) in [6, 6.07) is 12.1. The van der Waals surface area contributed by atoms with Crippen molar-refractivity contribution in [2.75, 3.05) is 6.26 Å². The molecule has 1 saturated carbocycles. The Kier molecular flexibility index (Phi) is 5.69. The van der Waals surface area contributed by atoms with Gasteiger partial charge in [-0.2, -0.15) is 13.2 Å². The minimum Gasteiger partial charge on any atom is -0.331 e. The minimum absolute atomic E-state index is 0.115. The molecule has 1 amide bonds. The summed E-state index contributed by atoms with van der Waals surface area (Å²) in [5.74, 6) is 0.227. The maximum Gasteiger partial charge on any atom is 0.416 e. The number of amides is 1. The number of rotatable bonds is 6. The molecule has 144 valence electrons. The normalized spacial score (nSPS) is 15.4. The van der Waals surface area contributed by atoms with Crippen LogP contribution in [-0.4, -0.2) is 27.3 Å². The summed E-state index contributed by atoms with van der Waals surface area (Å²) in [6.07, 6.45) is -0.976. The predicted molar refractivity (Wildman–Crippen MR) is 98.6 cm³/mol. The molecule has 1 aliphatic carbocycles. The second-order valence-corrected chi connectivity index (χ2v) is 8.21. The number of carbonyl (C=O) groups is 1. The summed E-state index contributed by atoms with van der Waals surface area (Å²) in [7, 11) is -1.00. The van der Waals surface area contributed by atoms with Gasteiger partial charge in [0.05, 0.1) is 5.56 Å². The average Bonchev–Trinajstić information content (AvgIpc) is 3.43. The van der Waals surface area contributed by atoms with Crippen molar-refractivity contribution in [1.82, 2.24) is 4.90 Å². The molecule has 0 N–H and O–H groups in total. The van der Waals surface area contributed by atoms with Gasteiger partial charge in [-0.15, -0.1) is 0 Å². The fraction of sp³-hybridized carbons (Fsp3) is 0.350. The van der Waals surface area contributed by atoms with Gasteiger partial charge in [0, 0.05) is 41.0 Å². The summed E-state index contributed by atoms with van der Waals surface area (Å²) in [5, 5.41) is 0. The van der Waals surface area contributed by atoms with E-state index in [9.17, 15) is 22.2 Å². The number of benzene rings is 2. The van der Waals surface area contributed by atoms with E-state index in [1.165, 1.54) is 12.1 Å². The number of halogens is 3. The Balaban J connectivity index is 1.78. The molecule has 3 nitrogen and oxygen atoms in total. The fourth-order valence-corrected chi connectivity index (χ4v) is 3.59. The molecular weight excluding hydrogens is 375 g/mol. The number of hydrogen-bond acceptors (Lipinski definition) is 2. The van der Waals surface area contributed by atoms with Crippen LogP contribution in [0.15, 0.2) is 48.5 Å². The average molecular weight is 395 g/mol. The lowest BCUT2D eigenvalue weighted by molar-refractivity contribution is -0.137. The van der Waals surface area contributed by atoms with E-state index in [1.807, 2.05) is 6.07 Å². The molecule has 0 radical (unpaired) electrons. The summed E-state index contributed by atoms with van der Waals surface area (Å²) < 4.78 is 49.6. The Hall–Kier alpha value is -2.15. The molecule has 1 unspecified atom stereocenters. The fourth-order valence-electron chi connectivity index (χ4n) is 2.94. The van der Waals surface area contributed by atoms with E-state index >= 15 is 0 Å². The van der Waals surface area contributed by atoms with Gasteiger partial charge in [0.15, 0.2) is 0 Å². The van der Waals surface area contributed by atoms with E-state index in [0.29, 0.717) is 16.9 Å². The van der Waals surface area contributed by atoms with Crippen LogP contribution < -0.4 is 0 Å². The molecular formula is C20H20F3NO2S. The Morgan fingerprint density at radius 1 is 1.11 bits per heavy atom. The zero-order valence-corrected chi connectivity index (χ0v) is 15.6. The second kappa shape index (κ2) is 7.84. The van der Waals surface area contributed by atoms with Crippen molar-refractivity contribution >= 4 is 16.7 Å². The van der Waals surface area contributed by atoms with Crippen LogP contribution in [0.2, 0.25) is 0 Å². The highest BCUT2D eigenvalue weighted by atomic mass is 32.2. The van der Waals surface area contributed by atoms with Crippen LogP contribution >= 0.6 is 0 Å². The highest BCUT2D eigenvalue weighted by Gasteiger charge is 2.34. The van der Waals surface area contributed by atoms with E-state index in [2.05, 4.69) is 0 Å². The van der Waals surface area contributed by atoms with E-state index < -0.39 is 22.5 Å². The van der Waals surface area contributed by atoms with Crippen LogP contribution in [0.4, 0.5) is 13.2 Å². The molecule has 0 aromatic heterocycles. The van der Waals surface area contributed by atoms with Crippen LogP contribution in [0.3, 0.4) is 0 Å². The van der Waals surface area contributed by atoms with Gasteiger partial charge < -0.3 is 4.90 Å². The number of nitrogens with zero attached hydrogens (tertiary/aromatic N) is 1. The molecule has 0 aliphatic heterocycles. The first-order valence-corrected chi connectivity index (χ1v) is 10.3. The first-order chi connectivity index (χ1) is 12.7. The molecule has 7 heteroatoms. The van der Waals surface area contributed by atoms with E-state index in [4.69, 9.17) is 0 Å². The Bertz CT molecular complexity index is 845. The largest absolute Gasteiger partial charge is 0.416 e. The molecule has 2 aromatic rings. The molecule has 27 heavy (non-hydrogen) atoms. The van der Waals surface area contributed by atoms with E-state index in [1.54, 1.807) is 29.4 Å². The van der Waals surface area contributed by atoms with Gasteiger partial charge in [-0.25, -0.2) is 0 Å². The van der Waals surface area contributed by atoms with Crippen molar-refractivity contribution < 1.29 is 22.2 Å². The third-order valence-electron chi connectivity index (χ3n) is 4.43. The lowest BCUT2D eigenvalue weighted by Crippen LogP contribution is -2.32. The van der Waals surface area contributed by atoms with Gasteiger partial charge in [0.2, 0.25) is 0 Å². The van der Waals surface area contributed by atoms with Gasteiger partial charge >= 0.3 is 6.18 Å². The lowest BCUT2D eigenvalue weighted by Gasteiger charge is -2.23. The van der Waals surface area contributed by atoms with Gasteiger partial charge in [-0.3, -0.25) is 9.00 Å². The van der Waals surface area contributed by atoms with Gasteiger partial charge in [0.25, 0.3) is 5.91 Å². The van der Waals surface area contributed by atoms with Crippen molar-refractivity contribution in [3.8, 4) is 0 Å². The smallest absolute Gasteiger partial charge is 0.331 e. The number of carbonyl (C=O) groups excluding carboxylic acids is 1. The van der Waals surface area contributed by atoms with Gasteiger partial charge in [0.1, 0.15) is 0 Å². The maximum absolute atomic E-state index is 13.0. The molecule has 0 saturated heterocycles. The molecule has 2 aromatic carbocycles. The van der Waals surface area contributed by atoms with Crippen molar-refractivity contribution in [3.63, 3.8) is 0 Å². The Morgan fingerprint density at radius 2 is 1.78 bits per heavy atom. The van der Waals surface area contributed by atoms with Crippen molar-refractivity contribution in [2.24, 2.45) is 0 Å². The summed E-state index contributed by atoms with van der Waals surface area (Å²) in [5.41, 5.74) is 1.30. The van der Waals surface area contributed by atoms with Crippen LogP contribution in [-0.2, 0) is 29.3 Å². The Labute approximate surface area is 158 Å². The molecule has 0 heterocycles. The Morgan fingerprint density at radius 3 is 2.33 bits per heavy atom. The molecule has 1 aliphatic rings. The van der Waals surface area contributed by atoms with E-state index in [0.717, 1.165) is 30.5 Å². The van der Waals surface area contributed by atoms with Crippen LogP contribution in [0.1, 0.15) is 39.9 Å². The zero-order chi connectivity index (χ0) is 19.6. The quantitative estimate of drug-likeness (QED) is 0.728. The third-order valence-corrected chi connectivity index (χ3v) is 5.17. The highest BCUT2D eigenvalue weighted by Crippen LogP contribution is 2.32. The highest BCUT2D eigenvalue weighted by molar-refractivity contribution is 7.83. The topological polar surface area (TPSA) is 37.4 Å². The maximum atomic E-state index is 13.0. The molecule has 3 rings (SSSR count). The van der Waals surface area contributed by atoms with Crippen LogP contribution in [0.5, 0.6) is 0 Å². The SMILES string of the molecule is CS(=O)Cc1cccc(C(=O)N(Cc2ccc(C(F)(F)F)cc2)C2CC2)c1. The number of hydrogen-bond donors (Lipinski definition) is 0. The second-order valence-electron chi connectivity index (χ2n) is 6.78. The lowest BCUT2D eigenvalue weighted by atomic mass is 10.1. The first kappa shape index (κ1) is 19.6. The summed E-state index contributed by atoms with van der Waals surface area (Å²) in [6.45, 7) is 0.269. The monoisotopic (exact) mass is 395 g/mol. The van der Waals surface area contributed by atoms with Gasteiger partial charge in [-0.05, 0) is 48.2 Å². The summed E-state index contributed by atoms with van der Waals surface area (Å²) >= 11 is 0. The third kappa shape index (κ3) is 5.19. The molecule has 0 bridgehead atoms. The predicted octanol–water partition coefficient (Wildman–Crippen LogP) is 4.39. The van der Waals surface area contributed by atoms with Crippen LogP contribution in [0.25, 0.3) is 0 Å². The van der Waals surface area contributed by atoms with Crippen molar-refractivity contribution in [1.29, 1.82) is 0 Å². The molecule has 1 atom stereocenters. The van der Waals surface area contributed by atoms with E-state index in [-0.39, 0.29) is 18.5 Å². The summed E-state index contributed by atoms with van der Waals surface area (Å²) in [4.78, 5) is 14.7. The van der Waals surface area contributed by atoms with Crippen LogP contribution in [0, 0.1) is 0 Å². The minimum atomic E-state index is -4.37. The standard InChI is InChI=1S/C20H20F3NO2S/c1-27(26)13-15-3-2-4-16(11-15)19(25)24(18-9-10-18)12-14-5-7-17(8-6-14)20(21,22)23/h2-8,11,18H,9-10,12-13H2,1H3. The molecule has 1 fully saturated rings. The van der Waals surface area contributed by atoms with Crippen molar-refractivity contribution in [2.45, 2.75) is 37.4 Å². The zero-order valence-electron chi connectivity index (χ0n) is 14.8. The molecule has 0 spiro atoms.